The first-order valence-corrected chi connectivity index (χ1v) is 28.3. The zero-order valence-corrected chi connectivity index (χ0v) is 47.8. The molecule has 7 fully saturated rings. The van der Waals surface area contributed by atoms with E-state index >= 15 is 0 Å². The summed E-state index contributed by atoms with van der Waals surface area (Å²) in [5, 5.41) is 242. The average Bonchev–Trinajstić information content (AvgIpc) is 0.784. The number of aliphatic hydroxyl groups is 21. The Hall–Kier alpha value is -2.99. The molecule has 0 spiro atoms. The van der Waals surface area contributed by atoms with Gasteiger partial charge in [0.05, 0.1) is 58.4 Å². The summed E-state index contributed by atoms with van der Waals surface area (Å²) in [7, 11) is 0. The molecule has 7 heterocycles. The second-order valence-electron chi connectivity index (χ2n) is 22.5. The molecule has 41 nitrogen and oxygen atoms in total. The molecular weight excluding hydrogens is 1240 g/mol. The smallest absolute Gasteiger partial charge is 0.364 e. The molecule has 36 atom stereocenters. The number of amides is 2. The Balaban J connectivity index is 1.12. The lowest BCUT2D eigenvalue weighted by Gasteiger charge is -2.51. The maximum atomic E-state index is 12.9. The normalized spacial score (nSPS) is 48.5. The summed E-state index contributed by atoms with van der Waals surface area (Å²) in [5.41, 5.74) is 5.95. The van der Waals surface area contributed by atoms with E-state index in [2.05, 4.69) is 10.6 Å². The molecule has 90 heavy (non-hydrogen) atoms. The predicted octanol–water partition coefficient (Wildman–Crippen LogP) is -16.8. The SMILES string of the molecule is CC(=O)N[C@H]1[C@H](O[C@H]2[C@@H](O)[C@@H](CO)O[C@@H](O[C@H]3[C@H](O)[C@@H](CO)O[C@@H](O[C@H]4[C@@H](O)[C@@H](CO)O[C@@H](O[C@H]5[C@H](O)[C@@H](O)[C@H](O)O[C@@H]5CO)[C@@H]4O)[C@@H]3NC(C)=O)[C@@H]2O)O[C@H](CO)[C@@H](O[C@@H]2O[C@H](CO)[C@H](O)[C@H](O[C@]3(C(=O)O)C[C@H](O)[C@@H](N)[C@H]([C@H](O)[C@H](O)CO)O3)[C@H]2O)[C@@H]1O. The summed E-state index contributed by atoms with van der Waals surface area (Å²) in [4.78, 5) is 38.6. The zero-order valence-electron chi connectivity index (χ0n) is 47.8. The van der Waals surface area contributed by atoms with Gasteiger partial charge in [-0.1, -0.05) is 0 Å². The van der Waals surface area contributed by atoms with Gasteiger partial charge >= 0.3 is 5.97 Å². The second-order valence-corrected chi connectivity index (χ2v) is 22.5. The van der Waals surface area contributed by atoms with E-state index < -0.39 is 291 Å². The van der Waals surface area contributed by atoms with Gasteiger partial charge in [-0.05, 0) is 0 Å². The van der Waals surface area contributed by atoms with Crippen LogP contribution in [-0.2, 0) is 76.0 Å². The van der Waals surface area contributed by atoms with Crippen molar-refractivity contribution in [2.24, 2.45) is 5.73 Å². The summed E-state index contributed by atoms with van der Waals surface area (Å²) in [6, 6.07) is -5.46. The van der Waals surface area contributed by atoms with Crippen molar-refractivity contribution in [1.82, 2.24) is 10.6 Å². The summed E-state index contributed by atoms with van der Waals surface area (Å²) in [6.45, 7) is -5.72. The zero-order chi connectivity index (χ0) is 66.7. The lowest BCUT2D eigenvalue weighted by atomic mass is 9.88. The van der Waals surface area contributed by atoms with Crippen LogP contribution in [0.4, 0.5) is 0 Å². The van der Waals surface area contributed by atoms with Gasteiger partial charge in [0, 0.05) is 20.3 Å². The van der Waals surface area contributed by atoms with Crippen LogP contribution < -0.4 is 16.4 Å². The minimum atomic E-state index is -3.15. The third-order valence-corrected chi connectivity index (χ3v) is 16.4. The Morgan fingerprint density at radius 1 is 0.467 bits per heavy atom. The number of hydrogen-bond acceptors (Lipinski definition) is 38. The number of carbonyl (C=O) groups is 3. The topological polar surface area (TPSA) is 666 Å². The van der Waals surface area contributed by atoms with Gasteiger partial charge in [-0.15, -0.1) is 0 Å². The van der Waals surface area contributed by atoms with Gasteiger partial charge in [0.2, 0.25) is 11.8 Å². The monoisotopic (exact) mass is 1320 g/mol. The number of nitrogens with one attached hydrogen (secondary N) is 2. The molecule has 522 valence electrons. The highest BCUT2D eigenvalue weighted by Gasteiger charge is 2.62. The van der Waals surface area contributed by atoms with Gasteiger partial charge < -0.3 is 190 Å². The number of ether oxygens (including phenoxy) is 13. The first kappa shape index (κ1) is 74.4. The van der Waals surface area contributed by atoms with Crippen molar-refractivity contribution in [2.75, 3.05) is 46.2 Å². The number of nitrogens with two attached hydrogens (primary N) is 1. The molecule has 0 aromatic heterocycles. The fourth-order valence-electron chi connectivity index (χ4n) is 11.5. The number of aliphatic hydroxyl groups excluding tert-OH is 21. The first-order valence-electron chi connectivity index (χ1n) is 28.3. The molecule has 0 aromatic rings. The number of hydrogen-bond donors (Lipinski definition) is 25. The van der Waals surface area contributed by atoms with E-state index in [1.54, 1.807) is 0 Å². The van der Waals surface area contributed by atoms with Gasteiger partial charge in [0.1, 0.15) is 165 Å². The third-order valence-electron chi connectivity index (χ3n) is 16.4. The van der Waals surface area contributed by atoms with Crippen LogP contribution in [0.1, 0.15) is 20.3 Å². The van der Waals surface area contributed by atoms with Crippen molar-refractivity contribution in [2.45, 2.75) is 241 Å². The van der Waals surface area contributed by atoms with Crippen molar-refractivity contribution in [3.63, 3.8) is 0 Å². The van der Waals surface area contributed by atoms with Crippen molar-refractivity contribution >= 4 is 17.8 Å². The molecule has 2 amide bonds. The summed E-state index contributed by atoms with van der Waals surface area (Å²) in [5.74, 6) is -7.09. The number of carboxylic acid groups (broad SMARTS) is 1. The van der Waals surface area contributed by atoms with Crippen LogP contribution in [0.3, 0.4) is 0 Å². The predicted molar refractivity (Wildman–Crippen MR) is 274 cm³/mol. The largest absolute Gasteiger partial charge is 0.477 e. The maximum Gasteiger partial charge on any atom is 0.364 e. The second kappa shape index (κ2) is 31.7. The van der Waals surface area contributed by atoms with Crippen LogP contribution in [0, 0.1) is 0 Å². The molecule has 26 N–H and O–H groups in total. The van der Waals surface area contributed by atoms with E-state index in [-0.39, 0.29) is 0 Å². The molecule has 7 aliphatic heterocycles. The minimum absolute atomic E-state index is 0.930. The van der Waals surface area contributed by atoms with Crippen LogP contribution in [-0.4, -0.2) is 397 Å². The van der Waals surface area contributed by atoms with Crippen molar-refractivity contribution in [1.29, 1.82) is 0 Å². The van der Waals surface area contributed by atoms with Crippen molar-refractivity contribution < 1.29 is 188 Å². The number of carbonyl (C=O) groups excluding carboxylic acids is 2. The summed E-state index contributed by atoms with van der Waals surface area (Å²) >= 11 is 0. The van der Waals surface area contributed by atoms with Crippen LogP contribution in [0.25, 0.3) is 0 Å². The van der Waals surface area contributed by atoms with Gasteiger partial charge in [-0.3, -0.25) is 9.59 Å². The standard InChI is InChI=1S/C49H83N3O38/c1-11(60)51-22-29(69)35(84-47-34(74)41(28(68)18(8-57)82-47)90-49(48(76)77)3-13(62)21(50)37(89-49)24(64)14(63)4-53)20(10-59)83-43(22)87-39-26(66)17(7-56)81-46(33(39)73)86-38-23(52-12(2)61)44(79-15(5-54)25(38)65)88-40-27(67)16(6-55)80-45(32(40)72)85-36-19(9-58)78-42(75)31(71)30(36)70/h13-47,53-59,62-75H,3-10,50H2,1-2H3,(H,51,60)(H,52,61)(H,76,77)/t13-,14+,15+,16+,17+,18+,19+,20+,21+,22+,23+,24+,25+,26-,27-,28-,29+,30+,31+,32+,33+,34+,35+,36+,37+,38+,39-,40-,41-,42+,43-,44-,45-,46-,47-,49-/m0/s1. The highest BCUT2D eigenvalue weighted by Crippen LogP contribution is 2.40. The molecule has 0 aromatic carbocycles. The van der Waals surface area contributed by atoms with E-state index in [1.807, 2.05) is 0 Å². The Morgan fingerprint density at radius 2 is 0.833 bits per heavy atom. The molecule has 41 heteroatoms. The average molecular weight is 1320 g/mol. The van der Waals surface area contributed by atoms with Crippen LogP contribution in [0.2, 0.25) is 0 Å². The molecular formula is C49H83N3O38. The Morgan fingerprint density at radius 3 is 1.28 bits per heavy atom. The van der Waals surface area contributed by atoms with Crippen molar-refractivity contribution in [3.05, 3.63) is 0 Å². The Bertz CT molecular complexity index is 2290. The molecule has 7 saturated heterocycles. The molecule has 0 aliphatic carbocycles. The van der Waals surface area contributed by atoms with E-state index in [4.69, 9.17) is 67.3 Å². The Kier molecular flexibility index (Phi) is 26.2. The van der Waals surface area contributed by atoms with Gasteiger partial charge in [0.15, 0.2) is 37.7 Å². The van der Waals surface area contributed by atoms with Gasteiger partial charge in [0.25, 0.3) is 5.79 Å². The summed E-state index contributed by atoms with van der Waals surface area (Å²) < 4.78 is 74.4. The quantitative estimate of drug-likeness (QED) is 0.0427. The van der Waals surface area contributed by atoms with E-state index in [9.17, 15) is 127 Å². The molecule has 7 rings (SSSR count). The van der Waals surface area contributed by atoms with E-state index in [0.29, 0.717) is 0 Å². The van der Waals surface area contributed by atoms with Gasteiger partial charge in [-0.2, -0.15) is 0 Å². The van der Waals surface area contributed by atoms with Gasteiger partial charge in [-0.25, -0.2) is 4.79 Å². The molecule has 0 radical (unpaired) electrons. The third kappa shape index (κ3) is 15.6. The number of carboxylic acids is 1. The number of aliphatic carboxylic acids is 1. The minimum Gasteiger partial charge on any atom is -0.477 e. The van der Waals surface area contributed by atoms with Crippen LogP contribution >= 0.6 is 0 Å². The van der Waals surface area contributed by atoms with E-state index in [1.165, 1.54) is 0 Å². The summed E-state index contributed by atoms with van der Waals surface area (Å²) in [6.07, 6.45) is -66.8. The molecule has 7 aliphatic rings. The highest BCUT2D eigenvalue weighted by atomic mass is 16.8. The van der Waals surface area contributed by atoms with Crippen LogP contribution in [0.15, 0.2) is 0 Å². The lowest BCUT2D eigenvalue weighted by molar-refractivity contribution is -0.391. The Labute approximate surface area is 508 Å². The maximum absolute atomic E-state index is 12.9. The highest BCUT2D eigenvalue weighted by molar-refractivity contribution is 5.76. The lowest BCUT2D eigenvalue weighted by Crippen LogP contribution is -2.71. The van der Waals surface area contributed by atoms with Crippen molar-refractivity contribution in [3.8, 4) is 0 Å². The van der Waals surface area contributed by atoms with E-state index in [0.717, 1.165) is 13.8 Å². The molecule has 0 unspecified atom stereocenters. The number of rotatable bonds is 24. The molecule has 0 bridgehead atoms. The fourth-order valence-corrected chi connectivity index (χ4v) is 11.5. The fraction of sp³-hybridized carbons (Fsp3) is 0.939. The molecule has 0 saturated carbocycles. The first-order chi connectivity index (χ1) is 42.5. The van der Waals surface area contributed by atoms with Crippen LogP contribution in [0.5, 0.6) is 0 Å².